The Morgan fingerprint density at radius 3 is 2.30 bits per heavy atom. The lowest BCUT2D eigenvalue weighted by Crippen LogP contribution is -2.30. The van der Waals surface area contributed by atoms with Crippen LogP contribution < -0.4 is 16.4 Å². The van der Waals surface area contributed by atoms with Crippen molar-refractivity contribution in [3.8, 4) is 0 Å². The van der Waals surface area contributed by atoms with Gasteiger partial charge in [0.2, 0.25) is 0 Å². The Morgan fingerprint density at radius 1 is 1.11 bits per heavy atom. The molecule has 0 saturated carbocycles. The van der Waals surface area contributed by atoms with Crippen molar-refractivity contribution in [1.82, 2.24) is 15.5 Å². The molecule has 8 nitrogen and oxygen atoms in total. The van der Waals surface area contributed by atoms with Crippen LogP contribution in [0.15, 0.2) is 22.7 Å². The van der Waals surface area contributed by atoms with Crippen molar-refractivity contribution in [3.05, 3.63) is 41.0 Å². The van der Waals surface area contributed by atoms with E-state index >= 15 is 0 Å². The van der Waals surface area contributed by atoms with Crippen LogP contribution in [0.5, 0.6) is 0 Å². The van der Waals surface area contributed by atoms with Gasteiger partial charge in [0.05, 0.1) is 6.54 Å². The first-order valence-corrected chi connectivity index (χ1v) is 8.70. The van der Waals surface area contributed by atoms with Gasteiger partial charge in [0.25, 0.3) is 0 Å². The van der Waals surface area contributed by atoms with E-state index < -0.39 is 11.9 Å². The lowest BCUT2D eigenvalue weighted by atomic mass is 9.81. The van der Waals surface area contributed by atoms with Crippen LogP contribution in [0, 0.1) is 0 Å². The van der Waals surface area contributed by atoms with Crippen molar-refractivity contribution in [2.45, 2.75) is 58.9 Å². The highest BCUT2D eigenvalue weighted by Gasteiger charge is 2.22. The second-order valence-electron chi connectivity index (χ2n) is 8.45. The number of urea groups is 1. The molecule has 4 N–H and O–H groups in total. The zero-order chi connectivity index (χ0) is 20.4. The number of carbonyl (C=O) groups is 2. The van der Waals surface area contributed by atoms with Gasteiger partial charge in [0, 0.05) is 5.69 Å². The van der Waals surface area contributed by atoms with Gasteiger partial charge in [-0.2, -0.15) is 4.98 Å². The molecule has 3 amide bonds. The summed E-state index contributed by atoms with van der Waals surface area (Å²) >= 11 is 0. The lowest BCUT2D eigenvalue weighted by molar-refractivity contribution is 0.0958. The minimum atomic E-state index is -0.813. The van der Waals surface area contributed by atoms with Crippen molar-refractivity contribution in [2.75, 3.05) is 5.32 Å². The number of anilines is 1. The van der Waals surface area contributed by atoms with Gasteiger partial charge in [0.1, 0.15) is 0 Å². The van der Waals surface area contributed by atoms with Crippen molar-refractivity contribution < 1.29 is 14.1 Å². The number of aromatic nitrogens is 2. The number of nitrogens with two attached hydrogens (primary N) is 1. The SMILES string of the molecule is CC(C)(C)c1ccc(C(C)(C)C)c(NC(=O)NCc2noc(C(N)=O)n2)c1. The number of carbonyl (C=O) groups excluding carboxylic acids is 2. The molecule has 0 radical (unpaired) electrons. The first kappa shape index (κ1) is 20.4. The summed E-state index contributed by atoms with van der Waals surface area (Å²) in [6.45, 7) is 12.6. The fourth-order valence-electron chi connectivity index (χ4n) is 2.52. The summed E-state index contributed by atoms with van der Waals surface area (Å²) in [5.41, 5.74) is 7.78. The number of benzene rings is 1. The Morgan fingerprint density at radius 2 is 1.78 bits per heavy atom. The summed E-state index contributed by atoms with van der Waals surface area (Å²) in [5, 5.41) is 9.14. The number of rotatable bonds is 4. The average Bonchev–Trinajstić information content (AvgIpc) is 3.00. The van der Waals surface area contributed by atoms with Gasteiger partial charge in [-0.3, -0.25) is 4.79 Å². The molecule has 0 aliphatic heterocycles. The van der Waals surface area contributed by atoms with Crippen LogP contribution >= 0.6 is 0 Å². The largest absolute Gasteiger partial charge is 0.361 e. The van der Waals surface area contributed by atoms with Crippen LogP contribution in [-0.4, -0.2) is 22.1 Å². The van der Waals surface area contributed by atoms with E-state index in [0.717, 1.165) is 16.8 Å². The molecule has 0 atom stereocenters. The number of amides is 3. The predicted octanol–water partition coefficient (Wildman–Crippen LogP) is 3.09. The predicted molar refractivity (Wildman–Crippen MR) is 103 cm³/mol. The molecule has 2 rings (SSSR count). The van der Waals surface area contributed by atoms with Gasteiger partial charge in [-0.15, -0.1) is 0 Å². The monoisotopic (exact) mass is 373 g/mol. The van der Waals surface area contributed by atoms with Crippen LogP contribution in [0.4, 0.5) is 10.5 Å². The third-order valence-electron chi connectivity index (χ3n) is 4.03. The molecule has 0 saturated heterocycles. The molecule has 0 fully saturated rings. The van der Waals surface area contributed by atoms with Gasteiger partial charge in [-0.05, 0) is 28.0 Å². The maximum atomic E-state index is 12.4. The maximum Gasteiger partial charge on any atom is 0.319 e. The number of hydrogen-bond acceptors (Lipinski definition) is 5. The average molecular weight is 373 g/mol. The van der Waals surface area contributed by atoms with Gasteiger partial charge in [0.15, 0.2) is 5.82 Å². The third kappa shape index (κ3) is 5.29. The molecule has 0 aliphatic rings. The maximum absolute atomic E-state index is 12.4. The molecule has 1 heterocycles. The van der Waals surface area contributed by atoms with Crippen LogP contribution in [0.2, 0.25) is 0 Å². The molecular weight excluding hydrogens is 346 g/mol. The molecule has 1 aromatic carbocycles. The summed E-state index contributed by atoms with van der Waals surface area (Å²) < 4.78 is 4.69. The summed E-state index contributed by atoms with van der Waals surface area (Å²) in [6.07, 6.45) is 0. The van der Waals surface area contributed by atoms with E-state index in [0.29, 0.717) is 0 Å². The fraction of sp³-hybridized carbons (Fsp3) is 0.474. The van der Waals surface area contributed by atoms with E-state index in [1.165, 1.54) is 0 Å². The smallest absolute Gasteiger partial charge is 0.319 e. The van der Waals surface area contributed by atoms with Crippen molar-refractivity contribution in [3.63, 3.8) is 0 Å². The van der Waals surface area contributed by atoms with Crippen LogP contribution in [0.25, 0.3) is 0 Å². The van der Waals surface area contributed by atoms with E-state index in [2.05, 4.69) is 79.0 Å². The molecule has 0 bridgehead atoms. The Labute approximate surface area is 158 Å². The second kappa shape index (κ2) is 7.38. The molecule has 146 valence electrons. The first-order valence-electron chi connectivity index (χ1n) is 8.70. The highest BCUT2D eigenvalue weighted by molar-refractivity contribution is 5.90. The highest BCUT2D eigenvalue weighted by atomic mass is 16.5. The lowest BCUT2D eigenvalue weighted by Gasteiger charge is -2.27. The van der Waals surface area contributed by atoms with E-state index in [9.17, 15) is 9.59 Å². The molecule has 2 aromatic rings. The van der Waals surface area contributed by atoms with Gasteiger partial charge < -0.3 is 20.9 Å². The van der Waals surface area contributed by atoms with Crippen LogP contribution in [0.3, 0.4) is 0 Å². The van der Waals surface area contributed by atoms with Crippen molar-refractivity contribution in [1.29, 1.82) is 0 Å². The highest BCUT2D eigenvalue weighted by Crippen LogP contribution is 2.33. The van der Waals surface area contributed by atoms with Crippen molar-refractivity contribution >= 4 is 17.6 Å². The summed E-state index contributed by atoms with van der Waals surface area (Å²) in [7, 11) is 0. The number of primary amides is 1. The first-order chi connectivity index (χ1) is 12.4. The Bertz CT molecular complexity index is 844. The minimum Gasteiger partial charge on any atom is -0.361 e. The molecular formula is C19H27N5O3. The topological polar surface area (TPSA) is 123 Å². The number of nitrogens with one attached hydrogen (secondary N) is 2. The van der Waals surface area contributed by atoms with E-state index in [4.69, 9.17) is 5.73 Å². The van der Waals surface area contributed by atoms with E-state index in [1.807, 2.05) is 6.07 Å². The normalized spacial score (nSPS) is 11.9. The summed E-state index contributed by atoms with van der Waals surface area (Å²) in [5.74, 6) is -0.939. The van der Waals surface area contributed by atoms with Gasteiger partial charge in [-0.25, -0.2) is 4.79 Å². The summed E-state index contributed by atoms with van der Waals surface area (Å²) in [6, 6.07) is 5.74. The Hall–Kier alpha value is -2.90. The Balaban J connectivity index is 2.16. The molecule has 0 unspecified atom stereocenters. The summed E-state index contributed by atoms with van der Waals surface area (Å²) in [4.78, 5) is 27.1. The molecule has 8 heteroatoms. The standard InChI is InChI=1S/C19H27N5O3/c1-18(2,3)11-7-8-12(19(4,5)6)13(9-11)22-17(26)21-10-14-23-16(15(20)25)27-24-14/h7-9H,10H2,1-6H3,(H2,20,25)(H2,21,22,26). The fourth-order valence-corrected chi connectivity index (χ4v) is 2.52. The van der Waals surface area contributed by atoms with Gasteiger partial charge in [-0.1, -0.05) is 58.8 Å². The van der Waals surface area contributed by atoms with Gasteiger partial charge >= 0.3 is 17.8 Å². The van der Waals surface area contributed by atoms with E-state index in [-0.39, 0.29) is 29.1 Å². The molecule has 0 aliphatic carbocycles. The molecule has 1 aromatic heterocycles. The minimum absolute atomic E-state index is 0.00638. The third-order valence-corrected chi connectivity index (χ3v) is 4.03. The van der Waals surface area contributed by atoms with E-state index in [1.54, 1.807) is 0 Å². The van der Waals surface area contributed by atoms with Crippen molar-refractivity contribution in [2.24, 2.45) is 5.73 Å². The quantitative estimate of drug-likeness (QED) is 0.760. The zero-order valence-corrected chi connectivity index (χ0v) is 16.6. The van der Waals surface area contributed by atoms with Crippen LogP contribution in [0.1, 0.15) is 69.2 Å². The van der Waals surface area contributed by atoms with Crippen LogP contribution in [-0.2, 0) is 17.4 Å². The molecule has 27 heavy (non-hydrogen) atoms. The number of hydrogen-bond donors (Lipinski definition) is 3. The zero-order valence-electron chi connectivity index (χ0n) is 16.6. The molecule has 0 spiro atoms. The Kier molecular flexibility index (Phi) is 5.58. The second-order valence-corrected chi connectivity index (χ2v) is 8.45. The number of nitrogens with zero attached hydrogens (tertiary/aromatic N) is 2.